The maximum atomic E-state index is 13.7. The van der Waals surface area contributed by atoms with Crippen molar-refractivity contribution in [3.63, 3.8) is 0 Å². The predicted octanol–water partition coefficient (Wildman–Crippen LogP) is 0.809. The number of ether oxygens (including phenoxy) is 1. The monoisotopic (exact) mass is 253 g/mol. The fourth-order valence-corrected chi connectivity index (χ4v) is 2.01. The maximum Gasteiger partial charge on any atom is 0.335 e. The molecule has 1 fully saturated rings. The van der Waals surface area contributed by atoms with Gasteiger partial charge in [-0.3, -0.25) is 4.79 Å². The normalized spacial score (nSPS) is 24.1. The first-order valence-electron chi connectivity index (χ1n) is 5.37. The molecule has 0 spiro atoms. The summed E-state index contributed by atoms with van der Waals surface area (Å²) in [6.07, 6.45) is -1.26. The average Bonchev–Trinajstić information content (AvgIpc) is 2.33. The molecular weight excluding hydrogens is 241 g/mol. The Morgan fingerprint density at radius 3 is 2.78 bits per heavy atom. The number of aliphatic carboxylic acids is 1. The Hall–Kier alpha value is -1.95. The number of hydrogen-bond donors (Lipinski definition) is 1. The second-order valence-corrected chi connectivity index (χ2v) is 4.04. The van der Waals surface area contributed by atoms with Crippen LogP contribution in [0.25, 0.3) is 0 Å². The Kier molecular flexibility index (Phi) is 3.29. The Morgan fingerprint density at radius 2 is 2.17 bits per heavy atom. The first-order chi connectivity index (χ1) is 8.52. The Labute approximate surface area is 103 Å². The van der Waals surface area contributed by atoms with Crippen LogP contribution in [0.2, 0.25) is 0 Å². The van der Waals surface area contributed by atoms with Gasteiger partial charge in [0.15, 0.2) is 6.10 Å². The molecule has 96 valence electrons. The number of carboxylic acids is 1. The van der Waals surface area contributed by atoms with E-state index in [2.05, 4.69) is 0 Å². The van der Waals surface area contributed by atoms with E-state index in [1.807, 2.05) is 0 Å². The van der Waals surface area contributed by atoms with E-state index in [9.17, 15) is 14.0 Å². The van der Waals surface area contributed by atoms with Gasteiger partial charge in [0, 0.05) is 12.6 Å². The number of halogens is 1. The summed E-state index contributed by atoms with van der Waals surface area (Å²) in [4.78, 5) is 23.9. The van der Waals surface area contributed by atoms with Crippen molar-refractivity contribution >= 4 is 11.9 Å². The van der Waals surface area contributed by atoms with Crippen LogP contribution in [0.1, 0.15) is 11.6 Å². The smallest absolute Gasteiger partial charge is 0.335 e. The summed E-state index contributed by atoms with van der Waals surface area (Å²) in [7, 11) is 1.44. The summed E-state index contributed by atoms with van der Waals surface area (Å²) in [5.74, 6) is -2.15. The first-order valence-corrected chi connectivity index (χ1v) is 5.37. The van der Waals surface area contributed by atoms with Crippen LogP contribution in [0.15, 0.2) is 24.3 Å². The molecule has 0 bridgehead atoms. The third kappa shape index (κ3) is 2.06. The van der Waals surface area contributed by atoms with Crippen LogP contribution in [-0.4, -0.2) is 41.6 Å². The van der Waals surface area contributed by atoms with Crippen LogP contribution in [-0.2, 0) is 14.3 Å². The van der Waals surface area contributed by atoms with Gasteiger partial charge in [-0.1, -0.05) is 18.2 Å². The molecule has 1 aromatic rings. The molecule has 1 aliphatic heterocycles. The number of carbonyl (C=O) groups excluding carboxylic acids is 1. The summed E-state index contributed by atoms with van der Waals surface area (Å²) in [6, 6.07) is 4.81. The fraction of sp³-hybridized carbons (Fsp3) is 0.333. The van der Waals surface area contributed by atoms with Crippen LogP contribution in [0.3, 0.4) is 0 Å². The number of likely N-dealkylation sites (N-methyl/N-ethyl adjacent to an activating group) is 1. The molecule has 2 atom stereocenters. The Bertz CT molecular complexity index is 491. The molecular formula is C12H12FNO4. The van der Waals surface area contributed by atoms with E-state index < -0.39 is 23.9 Å². The van der Waals surface area contributed by atoms with Gasteiger partial charge < -0.3 is 14.7 Å². The van der Waals surface area contributed by atoms with Crippen LogP contribution >= 0.6 is 0 Å². The zero-order valence-corrected chi connectivity index (χ0v) is 9.67. The molecule has 1 aliphatic rings. The molecule has 18 heavy (non-hydrogen) atoms. The van der Waals surface area contributed by atoms with Gasteiger partial charge in [0.1, 0.15) is 12.4 Å². The van der Waals surface area contributed by atoms with E-state index in [0.717, 1.165) is 0 Å². The van der Waals surface area contributed by atoms with Gasteiger partial charge in [-0.05, 0) is 6.07 Å². The number of carboxylic acid groups (broad SMARTS) is 1. The molecule has 1 saturated heterocycles. The van der Waals surface area contributed by atoms with Crippen molar-refractivity contribution in [3.8, 4) is 0 Å². The van der Waals surface area contributed by atoms with Gasteiger partial charge >= 0.3 is 5.97 Å². The highest BCUT2D eigenvalue weighted by molar-refractivity contribution is 5.82. The molecule has 0 radical (unpaired) electrons. The van der Waals surface area contributed by atoms with E-state index in [0.29, 0.717) is 0 Å². The molecule has 0 aliphatic carbocycles. The molecule has 2 rings (SSSR count). The second-order valence-electron chi connectivity index (χ2n) is 4.04. The lowest BCUT2D eigenvalue weighted by molar-refractivity contribution is -0.171. The summed E-state index contributed by atoms with van der Waals surface area (Å²) >= 11 is 0. The Morgan fingerprint density at radius 1 is 1.50 bits per heavy atom. The van der Waals surface area contributed by atoms with Crippen LogP contribution in [0, 0.1) is 5.82 Å². The summed E-state index contributed by atoms with van der Waals surface area (Å²) in [5.41, 5.74) is 0.139. The fourth-order valence-electron chi connectivity index (χ4n) is 2.01. The lowest BCUT2D eigenvalue weighted by atomic mass is 9.98. The molecule has 5 nitrogen and oxygen atoms in total. The van der Waals surface area contributed by atoms with Crippen molar-refractivity contribution in [2.45, 2.75) is 12.1 Å². The molecule has 2 unspecified atom stereocenters. The van der Waals surface area contributed by atoms with Gasteiger partial charge in [-0.2, -0.15) is 0 Å². The van der Waals surface area contributed by atoms with Gasteiger partial charge in [0.05, 0.1) is 6.04 Å². The molecule has 0 aromatic heterocycles. The van der Waals surface area contributed by atoms with E-state index in [4.69, 9.17) is 9.84 Å². The molecule has 1 heterocycles. The number of amides is 1. The zero-order chi connectivity index (χ0) is 13.3. The van der Waals surface area contributed by atoms with Crippen LogP contribution in [0.4, 0.5) is 4.39 Å². The van der Waals surface area contributed by atoms with E-state index >= 15 is 0 Å². The van der Waals surface area contributed by atoms with Gasteiger partial charge in [-0.25, -0.2) is 9.18 Å². The van der Waals surface area contributed by atoms with Crippen molar-refractivity contribution in [2.75, 3.05) is 13.7 Å². The minimum Gasteiger partial charge on any atom is -0.479 e. The van der Waals surface area contributed by atoms with Crippen molar-refractivity contribution in [3.05, 3.63) is 35.6 Å². The van der Waals surface area contributed by atoms with Crippen LogP contribution in [0.5, 0.6) is 0 Å². The number of nitrogens with zero attached hydrogens (tertiary/aromatic N) is 1. The maximum absolute atomic E-state index is 13.7. The van der Waals surface area contributed by atoms with Crippen molar-refractivity contribution in [1.29, 1.82) is 0 Å². The minimum atomic E-state index is -1.26. The van der Waals surface area contributed by atoms with Crippen molar-refractivity contribution < 1.29 is 23.8 Å². The standard InChI is InChI=1S/C12H12FNO4/c1-14-9(15)6-18-11(12(16)17)10(14)7-4-2-3-5-8(7)13/h2-5,10-11H,6H2,1H3,(H,16,17). The molecule has 6 heteroatoms. The lowest BCUT2D eigenvalue weighted by Crippen LogP contribution is -2.50. The lowest BCUT2D eigenvalue weighted by Gasteiger charge is -2.37. The van der Waals surface area contributed by atoms with Gasteiger partial charge in [0.2, 0.25) is 5.91 Å². The summed E-state index contributed by atoms with van der Waals surface area (Å²) in [6.45, 7) is -0.307. The Balaban J connectivity index is 2.44. The number of carbonyl (C=O) groups is 2. The summed E-state index contributed by atoms with van der Waals surface area (Å²) < 4.78 is 18.7. The molecule has 1 N–H and O–H groups in total. The first kappa shape index (κ1) is 12.5. The molecule has 1 aromatic carbocycles. The van der Waals surface area contributed by atoms with E-state index in [1.165, 1.54) is 30.1 Å². The highest BCUT2D eigenvalue weighted by Crippen LogP contribution is 2.30. The zero-order valence-electron chi connectivity index (χ0n) is 9.67. The van der Waals surface area contributed by atoms with Crippen molar-refractivity contribution in [1.82, 2.24) is 4.90 Å². The quantitative estimate of drug-likeness (QED) is 0.847. The van der Waals surface area contributed by atoms with Crippen LogP contribution < -0.4 is 0 Å². The average molecular weight is 253 g/mol. The number of benzene rings is 1. The van der Waals surface area contributed by atoms with Gasteiger partial charge in [0.25, 0.3) is 0 Å². The van der Waals surface area contributed by atoms with E-state index in [1.54, 1.807) is 6.07 Å². The topological polar surface area (TPSA) is 66.8 Å². The predicted molar refractivity (Wildman–Crippen MR) is 59.3 cm³/mol. The third-order valence-electron chi connectivity index (χ3n) is 2.95. The molecule has 1 amide bonds. The third-order valence-corrected chi connectivity index (χ3v) is 2.95. The van der Waals surface area contributed by atoms with Gasteiger partial charge in [-0.15, -0.1) is 0 Å². The highest BCUT2D eigenvalue weighted by Gasteiger charge is 2.41. The minimum absolute atomic E-state index is 0.139. The van der Waals surface area contributed by atoms with Crippen molar-refractivity contribution in [2.24, 2.45) is 0 Å². The summed E-state index contributed by atoms with van der Waals surface area (Å²) in [5, 5.41) is 9.08. The second kappa shape index (κ2) is 4.73. The van der Waals surface area contributed by atoms with E-state index in [-0.39, 0.29) is 18.1 Å². The highest BCUT2D eigenvalue weighted by atomic mass is 19.1. The largest absolute Gasteiger partial charge is 0.479 e. The number of rotatable bonds is 2. The number of morpholine rings is 1. The molecule has 0 saturated carbocycles. The SMILES string of the molecule is CN1C(=O)COC(C(=O)O)C1c1ccccc1F. The number of hydrogen-bond acceptors (Lipinski definition) is 3.